The van der Waals surface area contributed by atoms with Crippen molar-refractivity contribution in [1.82, 2.24) is 0 Å². The standard InChI is InChI=1S/C15H16O2/c1-3-12-17-15(16)13(2)8-7-11-14-9-5-4-6-10-14/h3-7,9-11H,1-2,8,12H2. The molecule has 0 amide bonds. The van der Waals surface area contributed by atoms with Crippen molar-refractivity contribution in [2.45, 2.75) is 6.42 Å². The largest absolute Gasteiger partial charge is 0.458 e. The van der Waals surface area contributed by atoms with Crippen LogP contribution in [0.5, 0.6) is 0 Å². The van der Waals surface area contributed by atoms with E-state index in [4.69, 9.17) is 4.74 Å². The number of esters is 1. The first kappa shape index (κ1) is 13.0. The molecule has 1 aromatic carbocycles. The second-order valence-corrected chi connectivity index (χ2v) is 3.51. The van der Waals surface area contributed by atoms with E-state index in [1.807, 2.05) is 42.5 Å². The molecule has 0 fully saturated rings. The smallest absolute Gasteiger partial charge is 0.334 e. The second-order valence-electron chi connectivity index (χ2n) is 3.51. The van der Waals surface area contributed by atoms with Gasteiger partial charge in [0.25, 0.3) is 0 Å². The predicted molar refractivity (Wildman–Crippen MR) is 70.4 cm³/mol. The van der Waals surface area contributed by atoms with E-state index < -0.39 is 0 Å². The monoisotopic (exact) mass is 228 g/mol. The zero-order chi connectivity index (χ0) is 12.5. The van der Waals surface area contributed by atoms with E-state index in [-0.39, 0.29) is 12.6 Å². The fraction of sp³-hybridized carbons (Fsp3) is 0.133. The minimum Gasteiger partial charge on any atom is -0.458 e. The number of hydrogen-bond acceptors (Lipinski definition) is 2. The van der Waals surface area contributed by atoms with Crippen LogP contribution >= 0.6 is 0 Å². The van der Waals surface area contributed by atoms with Crippen molar-refractivity contribution in [2.75, 3.05) is 6.61 Å². The van der Waals surface area contributed by atoms with Crippen LogP contribution in [0.25, 0.3) is 6.08 Å². The van der Waals surface area contributed by atoms with E-state index in [2.05, 4.69) is 13.2 Å². The number of rotatable bonds is 6. The molecule has 0 heterocycles. The van der Waals surface area contributed by atoms with Gasteiger partial charge in [-0.15, -0.1) is 0 Å². The van der Waals surface area contributed by atoms with Crippen LogP contribution < -0.4 is 0 Å². The number of benzene rings is 1. The molecule has 88 valence electrons. The maximum atomic E-state index is 11.3. The van der Waals surface area contributed by atoms with Gasteiger partial charge in [0.05, 0.1) is 0 Å². The van der Waals surface area contributed by atoms with E-state index in [0.29, 0.717) is 12.0 Å². The first-order valence-electron chi connectivity index (χ1n) is 5.41. The van der Waals surface area contributed by atoms with Gasteiger partial charge in [0.15, 0.2) is 0 Å². The van der Waals surface area contributed by atoms with Gasteiger partial charge in [-0.05, 0) is 12.0 Å². The van der Waals surface area contributed by atoms with Crippen LogP contribution in [0.2, 0.25) is 0 Å². The molecule has 0 unspecified atom stereocenters. The minimum absolute atomic E-state index is 0.222. The maximum absolute atomic E-state index is 11.3. The molecule has 0 aliphatic heterocycles. The lowest BCUT2D eigenvalue weighted by atomic mass is 10.1. The topological polar surface area (TPSA) is 26.3 Å². The molecule has 2 heteroatoms. The van der Waals surface area contributed by atoms with Crippen LogP contribution in [0.1, 0.15) is 12.0 Å². The van der Waals surface area contributed by atoms with E-state index >= 15 is 0 Å². The molecular weight excluding hydrogens is 212 g/mol. The molecular formula is C15H16O2. The van der Waals surface area contributed by atoms with Crippen molar-refractivity contribution in [3.05, 3.63) is 66.8 Å². The van der Waals surface area contributed by atoms with Crippen molar-refractivity contribution in [2.24, 2.45) is 0 Å². The first-order chi connectivity index (χ1) is 8.24. The summed E-state index contributed by atoms with van der Waals surface area (Å²) in [5, 5.41) is 0. The highest BCUT2D eigenvalue weighted by Gasteiger charge is 2.04. The third kappa shape index (κ3) is 4.98. The van der Waals surface area contributed by atoms with Gasteiger partial charge < -0.3 is 4.74 Å². The molecule has 2 nitrogen and oxygen atoms in total. The van der Waals surface area contributed by atoms with E-state index in [1.165, 1.54) is 6.08 Å². The van der Waals surface area contributed by atoms with Gasteiger partial charge in [0.2, 0.25) is 0 Å². The Morgan fingerprint density at radius 1 is 1.29 bits per heavy atom. The summed E-state index contributed by atoms with van der Waals surface area (Å²) in [5.41, 5.74) is 1.54. The average Bonchev–Trinajstić information content (AvgIpc) is 2.37. The van der Waals surface area contributed by atoms with Crippen LogP contribution in [-0.2, 0) is 9.53 Å². The molecule has 0 saturated heterocycles. The Morgan fingerprint density at radius 2 is 2.00 bits per heavy atom. The summed E-state index contributed by atoms with van der Waals surface area (Å²) >= 11 is 0. The molecule has 0 atom stereocenters. The zero-order valence-corrected chi connectivity index (χ0v) is 9.76. The Bertz CT molecular complexity index is 416. The van der Waals surface area contributed by atoms with Crippen molar-refractivity contribution in [1.29, 1.82) is 0 Å². The Kier molecular flexibility index (Phi) is 5.52. The Hall–Kier alpha value is -2.09. The molecule has 0 aromatic heterocycles. The lowest BCUT2D eigenvalue weighted by molar-refractivity contribution is -0.137. The zero-order valence-electron chi connectivity index (χ0n) is 9.76. The number of allylic oxidation sites excluding steroid dienone is 1. The molecule has 1 aromatic rings. The van der Waals surface area contributed by atoms with Crippen molar-refractivity contribution >= 4 is 12.0 Å². The summed E-state index contributed by atoms with van der Waals surface area (Å²) in [7, 11) is 0. The number of ether oxygens (including phenoxy) is 1. The van der Waals surface area contributed by atoms with Gasteiger partial charge >= 0.3 is 5.97 Å². The Morgan fingerprint density at radius 3 is 2.65 bits per heavy atom. The highest BCUT2D eigenvalue weighted by molar-refractivity contribution is 5.88. The van der Waals surface area contributed by atoms with E-state index in [0.717, 1.165) is 5.56 Å². The summed E-state index contributed by atoms with van der Waals surface area (Å²) in [6.07, 6.45) is 5.87. The summed E-state index contributed by atoms with van der Waals surface area (Å²) in [6, 6.07) is 9.88. The van der Waals surface area contributed by atoms with Gasteiger partial charge in [-0.25, -0.2) is 4.79 Å². The van der Waals surface area contributed by atoms with E-state index in [1.54, 1.807) is 0 Å². The first-order valence-corrected chi connectivity index (χ1v) is 5.41. The van der Waals surface area contributed by atoms with Crippen LogP contribution in [0.3, 0.4) is 0 Å². The molecule has 1 rings (SSSR count). The number of carbonyl (C=O) groups excluding carboxylic acids is 1. The summed E-state index contributed by atoms with van der Waals surface area (Å²) in [5.74, 6) is -0.373. The van der Waals surface area contributed by atoms with E-state index in [9.17, 15) is 4.79 Å². The molecule has 0 spiro atoms. The minimum atomic E-state index is -0.373. The number of hydrogen-bond donors (Lipinski definition) is 0. The van der Waals surface area contributed by atoms with Crippen LogP contribution in [0, 0.1) is 0 Å². The molecule has 17 heavy (non-hydrogen) atoms. The van der Waals surface area contributed by atoms with Crippen molar-refractivity contribution in [3.63, 3.8) is 0 Å². The summed E-state index contributed by atoms with van der Waals surface area (Å²) in [6.45, 7) is 7.37. The highest BCUT2D eigenvalue weighted by atomic mass is 16.5. The second kappa shape index (κ2) is 7.23. The van der Waals surface area contributed by atoms with Gasteiger partial charge in [0, 0.05) is 5.57 Å². The Balaban J connectivity index is 2.40. The quantitative estimate of drug-likeness (QED) is 0.424. The number of carbonyl (C=O) groups is 1. The van der Waals surface area contributed by atoms with Gasteiger partial charge in [-0.3, -0.25) is 0 Å². The van der Waals surface area contributed by atoms with Gasteiger partial charge in [-0.2, -0.15) is 0 Å². The molecule has 0 radical (unpaired) electrons. The lowest BCUT2D eigenvalue weighted by Gasteiger charge is -2.02. The SMILES string of the molecule is C=CCOC(=O)C(=C)CC=Cc1ccccc1. The van der Waals surface area contributed by atoms with Crippen molar-refractivity contribution < 1.29 is 9.53 Å². The third-order valence-corrected chi connectivity index (χ3v) is 2.10. The summed E-state index contributed by atoms with van der Waals surface area (Å²) < 4.78 is 4.87. The van der Waals surface area contributed by atoms with Crippen LogP contribution in [0.15, 0.2) is 61.2 Å². The third-order valence-electron chi connectivity index (χ3n) is 2.10. The fourth-order valence-electron chi connectivity index (χ4n) is 1.22. The normalized spacial score (nSPS) is 10.1. The molecule has 0 saturated carbocycles. The fourth-order valence-corrected chi connectivity index (χ4v) is 1.22. The van der Waals surface area contributed by atoms with Crippen LogP contribution in [-0.4, -0.2) is 12.6 Å². The lowest BCUT2D eigenvalue weighted by Crippen LogP contribution is -2.06. The van der Waals surface area contributed by atoms with Gasteiger partial charge in [0.1, 0.15) is 6.61 Å². The van der Waals surface area contributed by atoms with Crippen LogP contribution in [0.4, 0.5) is 0 Å². The van der Waals surface area contributed by atoms with Crippen molar-refractivity contribution in [3.8, 4) is 0 Å². The molecule has 0 N–H and O–H groups in total. The predicted octanol–water partition coefficient (Wildman–Crippen LogP) is 3.38. The Labute approximate surface area is 102 Å². The highest BCUT2D eigenvalue weighted by Crippen LogP contribution is 2.06. The molecule has 0 bridgehead atoms. The average molecular weight is 228 g/mol. The van der Waals surface area contributed by atoms with Gasteiger partial charge in [-0.1, -0.05) is 61.7 Å². The molecule has 0 aliphatic carbocycles. The molecule has 0 aliphatic rings. The summed E-state index contributed by atoms with van der Waals surface area (Å²) in [4.78, 5) is 11.3. The maximum Gasteiger partial charge on any atom is 0.334 e.